The maximum Gasteiger partial charge on any atom is 0.314 e. The number of anilines is 1. The molecular formula is C19H33N5O. The fraction of sp³-hybridized carbons (Fsp3) is 0.632. The molecule has 0 bridgehead atoms. The lowest BCUT2D eigenvalue weighted by Gasteiger charge is -2.37. The Morgan fingerprint density at radius 3 is 2.72 bits per heavy atom. The van der Waals surface area contributed by atoms with Crippen LogP contribution in [0, 0.1) is 6.92 Å². The van der Waals surface area contributed by atoms with Crippen LogP contribution < -0.4 is 15.5 Å². The Hall–Kier alpha value is -1.79. The van der Waals surface area contributed by atoms with Crippen molar-refractivity contribution in [1.82, 2.24) is 20.4 Å². The summed E-state index contributed by atoms with van der Waals surface area (Å²) in [5, 5.41) is 5.99. The zero-order valence-electron chi connectivity index (χ0n) is 16.1. The predicted octanol–water partition coefficient (Wildman–Crippen LogP) is 1.37. The van der Waals surface area contributed by atoms with Crippen molar-refractivity contribution in [1.29, 1.82) is 0 Å². The molecule has 0 radical (unpaired) electrons. The SMILES string of the molecule is CCN(CCNC(=O)NCC1CN(C)CCN1C)c1ccccc1C. The van der Waals surface area contributed by atoms with Crippen molar-refractivity contribution in [3.63, 3.8) is 0 Å². The van der Waals surface area contributed by atoms with E-state index < -0.39 is 0 Å². The van der Waals surface area contributed by atoms with E-state index in [2.05, 4.69) is 77.5 Å². The number of hydrogen-bond donors (Lipinski definition) is 2. The monoisotopic (exact) mass is 347 g/mol. The van der Waals surface area contributed by atoms with Crippen molar-refractivity contribution in [3.05, 3.63) is 29.8 Å². The molecule has 25 heavy (non-hydrogen) atoms. The smallest absolute Gasteiger partial charge is 0.314 e. The van der Waals surface area contributed by atoms with Crippen LogP contribution >= 0.6 is 0 Å². The molecule has 0 saturated carbocycles. The van der Waals surface area contributed by atoms with E-state index in [9.17, 15) is 4.79 Å². The molecule has 2 N–H and O–H groups in total. The summed E-state index contributed by atoms with van der Waals surface area (Å²) in [6, 6.07) is 8.66. The summed E-state index contributed by atoms with van der Waals surface area (Å²) in [6.45, 7) is 10.4. The third kappa shape index (κ3) is 5.90. The van der Waals surface area contributed by atoms with Crippen molar-refractivity contribution in [2.24, 2.45) is 0 Å². The van der Waals surface area contributed by atoms with Gasteiger partial charge in [0.25, 0.3) is 0 Å². The molecule has 1 fully saturated rings. The van der Waals surface area contributed by atoms with Gasteiger partial charge in [-0.1, -0.05) is 18.2 Å². The molecule has 1 aromatic rings. The fourth-order valence-electron chi connectivity index (χ4n) is 3.27. The van der Waals surface area contributed by atoms with Gasteiger partial charge in [-0.15, -0.1) is 0 Å². The summed E-state index contributed by atoms with van der Waals surface area (Å²) < 4.78 is 0. The molecule has 0 spiro atoms. The predicted molar refractivity (Wildman–Crippen MR) is 104 cm³/mol. The first-order valence-corrected chi connectivity index (χ1v) is 9.22. The number of carbonyl (C=O) groups excluding carboxylic acids is 1. The normalized spacial score (nSPS) is 18.8. The van der Waals surface area contributed by atoms with Crippen molar-refractivity contribution in [2.45, 2.75) is 19.9 Å². The Morgan fingerprint density at radius 2 is 2.00 bits per heavy atom. The van der Waals surface area contributed by atoms with Crippen LogP contribution in [0.3, 0.4) is 0 Å². The molecular weight excluding hydrogens is 314 g/mol. The van der Waals surface area contributed by atoms with E-state index in [1.807, 2.05) is 0 Å². The van der Waals surface area contributed by atoms with Gasteiger partial charge >= 0.3 is 6.03 Å². The van der Waals surface area contributed by atoms with E-state index in [1.54, 1.807) is 0 Å². The Kier molecular flexibility index (Phi) is 7.52. The summed E-state index contributed by atoms with van der Waals surface area (Å²) in [5.41, 5.74) is 2.50. The molecule has 1 aromatic carbocycles. The molecule has 2 rings (SSSR count). The Labute approximate surface area is 152 Å². The Morgan fingerprint density at radius 1 is 1.24 bits per heavy atom. The highest BCUT2D eigenvalue weighted by Gasteiger charge is 2.22. The molecule has 1 aliphatic rings. The van der Waals surface area contributed by atoms with Crippen molar-refractivity contribution in [2.75, 3.05) is 64.8 Å². The number of piperazine rings is 1. The largest absolute Gasteiger partial charge is 0.370 e. The number of likely N-dealkylation sites (N-methyl/N-ethyl adjacent to an activating group) is 3. The van der Waals surface area contributed by atoms with Crippen LogP contribution in [-0.2, 0) is 0 Å². The molecule has 1 unspecified atom stereocenters. The molecule has 6 heteroatoms. The Bertz CT molecular complexity index is 550. The maximum absolute atomic E-state index is 12.1. The highest BCUT2D eigenvalue weighted by atomic mass is 16.2. The summed E-state index contributed by atoms with van der Waals surface area (Å²) >= 11 is 0. The zero-order valence-corrected chi connectivity index (χ0v) is 16.1. The number of nitrogens with zero attached hydrogens (tertiary/aromatic N) is 3. The van der Waals surface area contributed by atoms with Gasteiger partial charge in [0.15, 0.2) is 0 Å². The number of carbonyl (C=O) groups is 1. The number of aryl methyl sites for hydroxylation is 1. The number of hydrogen-bond acceptors (Lipinski definition) is 4. The third-order valence-corrected chi connectivity index (χ3v) is 4.98. The van der Waals surface area contributed by atoms with Crippen LogP contribution in [0.5, 0.6) is 0 Å². The minimum atomic E-state index is -0.0811. The number of benzene rings is 1. The first kappa shape index (κ1) is 19.5. The molecule has 0 aromatic heterocycles. The second-order valence-electron chi connectivity index (χ2n) is 6.90. The standard InChI is InChI=1S/C19H33N5O/c1-5-24(18-9-7-6-8-16(18)2)11-10-20-19(25)21-14-17-15-22(3)12-13-23(17)4/h6-9,17H,5,10-15H2,1-4H3,(H2,20,21,25). The molecule has 2 amide bonds. The van der Waals surface area contributed by atoms with E-state index in [1.165, 1.54) is 11.3 Å². The minimum absolute atomic E-state index is 0.0811. The average Bonchev–Trinajstić information content (AvgIpc) is 2.60. The van der Waals surface area contributed by atoms with Crippen LogP contribution in [0.15, 0.2) is 24.3 Å². The number of rotatable bonds is 7. The third-order valence-electron chi connectivity index (χ3n) is 4.98. The van der Waals surface area contributed by atoms with Gasteiger partial charge in [-0.25, -0.2) is 4.79 Å². The van der Waals surface area contributed by atoms with Crippen LogP contribution in [0.2, 0.25) is 0 Å². The van der Waals surface area contributed by atoms with Crippen LogP contribution in [0.25, 0.3) is 0 Å². The van der Waals surface area contributed by atoms with Gasteiger partial charge < -0.3 is 20.4 Å². The molecule has 1 aliphatic heterocycles. The summed E-state index contributed by atoms with van der Waals surface area (Å²) in [6.07, 6.45) is 0. The average molecular weight is 348 g/mol. The summed E-state index contributed by atoms with van der Waals surface area (Å²) in [4.78, 5) is 19.0. The van der Waals surface area contributed by atoms with Crippen LogP contribution in [-0.4, -0.2) is 81.8 Å². The van der Waals surface area contributed by atoms with E-state index >= 15 is 0 Å². The number of nitrogens with one attached hydrogen (secondary N) is 2. The lowest BCUT2D eigenvalue weighted by molar-refractivity contribution is 0.114. The minimum Gasteiger partial charge on any atom is -0.370 e. The van der Waals surface area contributed by atoms with Gasteiger partial charge in [-0.2, -0.15) is 0 Å². The highest BCUT2D eigenvalue weighted by molar-refractivity contribution is 5.73. The molecule has 6 nitrogen and oxygen atoms in total. The first-order chi connectivity index (χ1) is 12.0. The molecule has 1 heterocycles. The maximum atomic E-state index is 12.1. The van der Waals surface area contributed by atoms with Crippen LogP contribution in [0.1, 0.15) is 12.5 Å². The van der Waals surface area contributed by atoms with E-state index in [4.69, 9.17) is 0 Å². The van der Waals surface area contributed by atoms with E-state index in [0.29, 0.717) is 19.1 Å². The van der Waals surface area contributed by atoms with Gasteiger partial charge in [-0.3, -0.25) is 4.90 Å². The summed E-state index contributed by atoms with van der Waals surface area (Å²) in [7, 11) is 4.25. The topological polar surface area (TPSA) is 50.9 Å². The highest BCUT2D eigenvalue weighted by Crippen LogP contribution is 2.18. The van der Waals surface area contributed by atoms with E-state index in [-0.39, 0.29) is 6.03 Å². The molecule has 140 valence electrons. The van der Waals surface area contributed by atoms with Crippen molar-refractivity contribution >= 4 is 11.7 Å². The fourth-order valence-corrected chi connectivity index (χ4v) is 3.27. The second kappa shape index (κ2) is 9.63. The summed E-state index contributed by atoms with van der Waals surface area (Å²) in [5.74, 6) is 0. The van der Waals surface area contributed by atoms with Crippen LogP contribution in [0.4, 0.5) is 10.5 Å². The molecule has 0 aliphatic carbocycles. The van der Waals surface area contributed by atoms with Gasteiger partial charge in [0.05, 0.1) is 0 Å². The Balaban J connectivity index is 1.71. The van der Waals surface area contributed by atoms with Crippen molar-refractivity contribution < 1.29 is 4.79 Å². The van der Waals surface area contributed by atoms with Crippen molar-refractivity contribution in [3.8, 4) is 0 Å². The van der Waals surface area contributed by atoms with E-state index in [0.717, 1.165) is 32.7 Å². The molecule has 1 saturated heterocycles. The first-order valence-electron chi connectivity index (χ1n) is 9.22. The second-order valence-corrected chi connectivity index (χ2v) is 6.90. The van der Waals surface area contributed by atoms with Gasteiger partial charge in [0, 0.05) is 57.5 Å². The number of urea groups is 1. The lowest BCUT2D eigenvalue weighted by Crippen LogP contribution is -2.55. The van der Waals surface area contributed by atoms with Gasteiger partial charge in [0.1, 0.15) is 0 Å². The number of amides is 2. The van der Waals surface area contributed by atoms with Gasteiger partial charge in [-0.05, 0) is 39.6 Å². The quantitative estimate of drug-likeness (QED) is 0.782. The number of para-hydroxylation sites is 1. The lowest BCUT2D eigenvalue weighted by atomic mass is 10.2. The molecule has 1 atom stereocenters. The zero-order chi connectivity index (χ0) is 18.2. The van der Waals surface area contributed by atoms with Gasteiger partial charge in [0.2, 0.25) is 0 Å².